The Labute approximate surface area is 188 Å². The first kappa shape index (κ1) is 29.1. The van der Waals surface area contributed by atoms with Crippen molar-refractivity contribution in [3.63, 3.8) is 0 Å². The van der Waals surface area contributed by atoms with E-state index < -0.39 is 92.5 Å². The maximum absolute atomic E-state index is 13.1. The molecule has 0 amide bonds. The molecule has 14 heteroatoms. The van der Waals surface area contributed by atoms with Gasteiger partial charge < -0.3 is 44.1 Å². The van der Waals surface area contributed by atoms with Crippen molar-refractivity contribution in [3.8, 4) is 0 Å². The largest absolute Gasteiger partial charge is 0.456 e. The van der Waals surface area contributed by atoms with Gasteiger partial charge in [0.2, 0.25) is 0 Å². The molecule has 2 aliphatic rings. The van der Waals surface area contributed by atoms with Gasteiger partial charge in [0.1, 0.15) is 43.9 Å². The number of carbonyl (C=O) groups is 3. The van der Waals surface area contributed by atoms with Crippen LogP contribution in [0.4, 0.5) is 8.78 Å². The second kappa shape index (κ2) is 13.1. The van der Waals surface area contributed by atoms with E-state index in [4.69, 9.17) is 39.4 Å². The molecule has 33 heavy (non-hydrogen) atoms. The highest BCUT2D eigenvalue weighted by atomic mass is 19.1. The van der Waals surface area contributed by atoms with Gasteiger partial charge in [-0.2, -0.15) is 0 Å². The zero-order valence-electron chi connectivity index (χ0n) is 18.5. The predicted octanol–water partition coefficient (Wildman–Crippen LogP) is -1.71. The molecule has 2 heterocycles. The first-order valence-corrected chi connectivity index (χ1v) is 10.0. The van der Waals surface area contributed by atoms with E-state index in [1.165, 1.54) is 6.92 Å². The first-order chi connectivity index (χ1) is 15.3. The zero-order chi connectivity index (χ0) is 25.5. The van der Waals surface area contributed by atoms with Gasteiger partial charge in [0.05, 0.1) is 6.10 Å². The quantitative estimate of drug-likeness (QED) is 0.255. The highest BCUT2D eigenvalue weighted by Gasteiger charge is 2.50. The van der Waals surface area contributed by atoms with Crippen molar-refractivity contribution >= 4 is 17.9 Å². The smallest absolute Gasteiger partial charge is 0.303 e. The third-order valence-corrected chi connectivity index (χ3v) is 4.76. The standard InChI is InChI=1S/C13H19FO7.C6H11FO5/c1-6-11(19-7(2)15)13(21-9(4)17)12(20-8(3)16)10(5-14)18-6;7-1-2-3(8)4(9)5(10)6(11)12-2/h6,10-13H,5H2,1-4H3;2-6,8-11H,1H2/t6?,10?,11-,12+,13?;2?,3-,4?,5-,6?/m10/s1. The van der Waals surface area contributed by atoms with Crippen LogP contribution in [0.1, 0.15) is 27.7 Å². The van der Waals surface area contributed by atoms with Gasteiger partial charge in [-0.15, -0.1) is 0 Å². The molecule has 0 aromatic carbocycles. The van der Waals surface area contributed by atoms with E-state index in [-0.39, 0.29) is 0 Å². The lowest BCUT2D eigenvalue weighted by atomic mass is 9.95. The molecule has 0 aliphatic carbocycles. The number of alkyl halides is 2. The molecule has 4 N–H and O–H groups in total. The van der Waals surface area contributed by atoms with Crippen molar-refractivity contribution in [2.75, 3.05) is 13.3 Å². The van der Waals surface area contributed by atoms with Crippen LogP contribution in [-0.4, -0.2) is 113 Å². The Morgan fingerprint density at radius 2 is 1.15 bits per heavy atom. The third-order valence-electron chi connectivity index (χ3n) is 4.76. The molecular weight excluding hydrogens is 458 g/mol. The Kier molecular flexibility index (Phi) is 11.5. The van der Waals surface area contributed by atoms with Gasteiger partial charge in [0, 0.05) is 20.8 Å². The molecule has 0 saturated carbocycles. The minimum Gasteiger partial charge on any atom is -0.456 e. The molecule has 2 rings (SSSR count). The van der Waals surface area contributed by atoms with Crippen LogP contribution in [-0.2, 0) is 38.1 Å². The molecule has 2 aliphatic heterocycles. The van der Waals surface area contributed by atoms with E-state index in [1.54, 1.807) is 6.92 Å². The van der Waals surface area contributed by atoms with Crippen LogP contribution in [0.2, 0.25) is 0 Å². The fourth-order valence-electron chi connectivity index (χ4n) is 3.29. The summed E-state index contributed by atoms with van der Waals surface area (Å²) in [7, 11) is 0. The number of carbonyl (C=O) groups excluding carboxylic acids is 3. The number of hydrogen-bond donors (Lipinski definition) is 4. The van der Waals surface area contributed by atoms with E-state index in [0.717, 1.165) is 13.8 Å². The van der Waals surface area contributed by atoms with Crippen LogP contribution in [0.25, 0.3) is 0 Å². The van der Waals surface area contributed by atoms with Crippen molar-refractivity contribution in [3.05, 3.63) is 0 Å². The summed E-state index contributed by atoms with van der Waals surface area (Å²) < 4.78 is 50.1. The second-order valence-corrected chi connectivity index (χ2v) is 7.45. The van der Waals surface area contributed by atoms with E-state index in [2.05, 4.69) is 4.74 Å². The molecule has 0 aromatic heterocycles. The Bertz CT molecular complexity index is 660. The summed E-state index contributed by atoms with van der Waals surface area (Å²) in [5, 5.41) is 35.8. The second-order valence-electron chi connectivity index (χ2n) is 7.45. The number of esters is 3. The van der Waals surface area contributed by atoms with E-state index in [1.807, 2.05) is 0 Å². The average Bonchev–Trinajstić information content (AvgIpc) is 2.73. The van der Waals surface area contributed by atoms with Crippen LogP contribution >= 0.6 is 0 Å². The Morgan fingerprint density at radius 3 is 1.61 bits per heavy atom. The van der Waals surface area contributed by atoms with Gasteiger partial charge in [0.15, 0.2) is 24.6 Å². The van der Waals surface area contributed by atoms with Crippen LogP contribution in [0.15, 0.2) is 0 Å². The minimum atomic E-state index is -1.65. The molecule has 10 atom stereocenters. The summed E-state index contributed by atoms with van der Waals surface area (Å²) in [6.45, 7) is 3.06. The van der Waals surface area contributed by atoms with Crippen LogP contribution in [0.5, 0.6) is 0 Å². The maximum Gasteiger partial charge on any atom is 0.303 e. The number of aliphatic hydroxyl groups excluding tert-OH is 4. The van der Waals surface area contributed by atoms with Gasteiger partial charge in [-0.1, -0.05) is 0 Å². The molecule has 0 bridgehead atoms. The zero-order valence-corrected chi connectivity index (χ0v) is 18.5. The van der Waals surface area contributed by atoms with E-state index in [9.17, 15) is 23.2 Å². The number of aliphatic hydroxyl groups is 4. The lowest BCUT2D eigenvalue weighted by Crippen LogP contribution is -2.61. The summed E-state index contributed by atoms with van der Waals surface area (Å²) in [5.41, 5.74) is 0. The Balaban J connectivity index is 0.000000383. The minimum absolute atomic E-state index is 0.618. The van der Waals surface area contributed by atoms with Crippen molar-refractivity contribution in [2.24, 2.45) is 0 Å². The average molecular weight is 488 g/mol. The molecular formula is C19H30F2O12. The molecule has 2 fully saturated rings. The fourth-order valence-corrected chi connectivity index (χ4v) is 3.29. The van der Waals surface area contributed by atoms with Gasteiger partial charge in [-0.25, -0.2) is 8.78 Å². The van der Waals surface area contributed by atoms with Crippen molar-refractivity contribution in [2.45, 2.75) is 88.9 Å². The van der Waals surface area contributed by atoms with Gasteiger partial charge in [-0.05, 0) is 6.92 Å². The number of rotatable bonds is 5. The molecule has 0 aromatic rings. The van der Waals surface area contributed by atoms with Crippen LogP contribution in [0.3, 0.4) is 0 Å². The van der Waals surface area contributed by atoms with Gasteiger partial charge in [0.25, 0.3) is 0 Å². The monoisotopic (exact) mass is 488 g/mol. The Morgan fingerprint density at radius 1 is 0.697 bits per heavy atom. The molecule has 0 radical (unpaired) electrons. The molecule has 2 saturated heterocycles. The number of halogens is 2. The highest BCUT2D eigenvalue weighted by Crippen LogP contribution is 2.29. The van der Waals surface area contributed by atoms with Gasteiger partial charge >= 0.3 is 17.9 Å². The molecule has 12 nitrogen and oxygen atoms in total. The van der Waals surface area contributed by atoms with Gasteiger partial charge in [-0.3, -0.25) is 14.4 Å². The number of ether oxygens (including phenoxy) is 5. The SMILES string of the molecule is CC(=O)OC1[C@H](OC(C)=O)C(C)OC(CF)[C@@H]1OC(C)=O.OC1OC(CF)[C@H](O)C(O)[C@@H]1O. The molecule has 0 spiro atoms. The summed E-state index contributed by atoms with van der Waals surface area (Å²) in [5.74, 6) is -1.97. The topological polar surface area (TPSA) is 178 Å². The Hall–Kier alpha value is -1.97. The maximum atomic E-state index is 13.1. The summed E-state index contributed by atoms with van der Waals surface area (Å²) in [6, 6.07) is 0. The first-order valence-electron chi connectivity index (χ1n) is 10.0. The predicted molar refractivity (Wildman–Crippen MR) is 102 cm³/mol. The van der Waals surface area contributed by atoms with Crippen molar-refractivity contribution in [1.82, 2.24) is 0 Å². The third kappa shape index (κ3) is 8.08. The summed E-state index contributed by atoms with van der Waals surface area (Å²) in [6.07, 6.45) is -12.7. The highest BCUT2D eigenvalue weighted by molar-refractivity contribution is 5.68. The van der Waals surface area contributed by atoms with E-state index >= 15 is 0 Å². The van der Waals surface area contributed by atoms with Crippen LogP contribution in [0, 0.1) is 0 Å². The summed E-state index contributed by atoms with van der Waals surface area (Å²) in [4.78, 5) is 33.6. The lowest BCUT2D eigenvalue weighted by molar-refractivity contribution is -0.283. The fraction of sp³-hybridized carbons (Fsp3) is 0.842. The lowest BCUT2D eigenvalue weighted by Gasteiger charge is -2.42. The normalized spacial score (nSPS) is 38.4. The van der Waals surface area contributed by atoms with E-state index in [0.29, 0.717) is 0 Å². The van der Waals surface area contributed by atoms with Crippen molar-refractivity contribution in [1.29, 1.82) is 0 Å². The molecule has 6 unspecified atom stereocenters. The molecule has 192 valence electrons. The van der Waals surface area contributed by atoms with Crippen molar-refractivity contribution < 1.29 is 67.3 Å². The summed E-state index contributed by atoms with van der Waals surface area (Å²) >= 11 is 0. The number of hydrogen-bond acceptors (Lipinski definition) is 12. The van der Waals surface area contributed by atoms with Crippen LogP contribution < -0.4 is 0 Å².